The number of fused-ring (bicyclic) bond motifs is 1. The lowest BCUT2D eigenvalue weighted by Gasteiger charge is -2.35. The summed E-state index contributed by atoms with van der Waals surface area (Å²) in [6, 6.07) is 9.11. The van der Waals surface area contributed by atoms with Gasteiger partial charge in [0.25, 0.3) is 0 Å². The Morgan fingerprint density at radius 3 is 2.74 bits per heavy atom. The Kier molecular flexibility index (Phi) is 2.73. The quantitative estimate of drug-likeness (QED) is 0.769. The molecule has 0 radical (unpaired) electrons. The molecule has 0 bridgehead atoms. The first-order chi connectivity index (χ1) is 9.26. The molecule has 2 unspecified atom stereocenters. The van der Waals surface area contributed by atoms with Crippen LogP contribution in [0.25, 0.3) is 0 Å². The maximum absolute atomic E-state index is 5.88. The molecule has 2 nitrogen and oxygen atoms in total. The zero-order valence-electron chi connectivity index (χ0n) is 11.4. The number of ether oxygens (including phenoxy) is 2. The van der Waals surface area contributed by atoms with E-state index < -0.39 is 0 Å². The molecule has 3 heteroatoms. The van der Waals surface area contributed by atoms with Crippen LogP contribution in [0.15, 0.2) is 29.2 Å². The minimum Gasteiger partial charge on any atom is -0.348 e. The van der Waals surface area contributed by atoms with Crippen LogP contribution in [-0.4, -0.2) is 25.3 Å². The van der Waals surface area contributed by atoms with Crippen LogP contribution in [0.2, 0.25) is 0 Å². The summed E-state index contributed by atoms with van der Waals surface area (Å²) in [6.45, 7) is 1.56. The second-order valence-corrected chi connectivity index (χ2v) is 6.98. The molecule has 2 aliphatic carbocycles. The van der Waals surface area contributed by atoms with Crippen LogP contribution in [-0.2, 0) is 14.9 Å². The van der Waals surface area contributed by atoms with E-state index in [0.29, 0.717) is 5.41 Å². The molecule has 4 rings (SSSR count). The summed E-state index contributed by atoms with van der Waals surface area (Å²) in [5, 5.41) is 0. The van der Waals surface area contributed by atoms with Gasteiger partial charge in [-0.2, -0.15) is 0 Å². The van der Waals surface area contributed by atoms with Crippen LogP contribution in [0.5, 0.6) is 0 Å². The largest absolute Gasteiger partial charge is 0.348 e. The molecular weight excluding hydrogens is 256 g/mol. The van der Waals surface area contributed by atoms with Gasteiger partial charge in [-0.15, -0.1) is 11.8 Å². The van der Waals surface area contributed by atoms with E-state index in [4.69, 9.17) is 9.47 Å². The Morgan fingerprint density at radius 1 is 1.16 bits per heavy atom. The van der Waals surface area contributed by atoms with Gasteiger partial charge < -0.3 is 9.47 Å². The van der Waals surface area contributed by atoms with Crippen LogP contribution in [0, 0.1) is 5.92 Å². The van der Waals surface area contributed by atoms with Gasteiger partial charge in [0.2, 0.25) is 0 Å². The van der Waals surface area contributed by atoms with Crippen molar-refractivity contribution in [3.8, 4) is 0 Å². The van der Waals surface area contributed by atoms with Crippen LogP contribution >= 0.6 is 11.8 Å². The summed E-state index contributed by atoms with van der Waals surface area (Å²) in [5.41, 5.74) is 1.98. The molecule has 2 saturated carbocycles. The lowest BCUT2D eigenvalue weighted by Crippen LogP contribution is -2.37. The van der Waals surface area contributed by atoms with Crippen molar-refractivity contribution in [2.45, 2.75) is 41.8 Å². The van der Waals surface area contributed by atoms with Crippen molar-refractivity contribution < 1.29 is 9.47 Å². The molecule has 1 spiro atoms. The lowest BCUT2D eigenvalue weighted by molar-refractivity contribution is -0.180. The van der Waals surface area contributed by atoms with E-state index in [0.717, 1.165) is 32.0 Å². The Hall–Kier alpha value is -0.510. The zero-order chi connectivity index (χ0) is 12.9. The van der Waals surface area contributed by atoms with Crippen molar-refractivity contribution in [1.82, 2.24) is 0 Å². The first-order valence-electron chi connectivity index (χ1n) is 7.19. The molecule has 0 aromatic heterocycles. The fraction of sp³-hybridized carbons (Fsp3) is 0.625. The molecule has 1 heterocycles. The van der Waals surface area contributed by atoms with Crippen LogP contribution in [0.1, 0.15) is 31.2 Å². The average Bonchev–Trinajstić information content (AvgIpc) is 3.01. The average molecular weight is 276 g/mol. The van der Waals surface area contributed by atoms with Crippen LogP contribution < -0.4 is 0 Å². The molecule has 3 aliphatic rings. The standard InChI is InChI=1S/C16H20O2S/c1-19-14-4-2-3-12(9-14)15-5-6-16(11-13(15)10-15)17-7-8-18-16/h2-4,9,13H,5-8,10-11H2,1H3. The minimum atomic E-state index is -0.220. The predicted molar refractivity (Wildman–Crippen MR) is 76.5 cm³/mol. The molecule has 1 aliphatic heterocycles. The van der Waals surface area contributed by atoms with Gasteiger partial charge in [0, 0.05) is 17.7 Å². The molecule has 3 fully saturated rings. The van der Waals surface area contributed by atoms with Gasteiger partial charge in [0.15, 0.2) is 5.79 Å². The first-order valence-corrected chi connectivity index (χ1v) is 8.41. The Balaban J connectivity index is 1.58. The topological polar surface area (TPSA) is 18.5 Å². The number of hydrogen-bond acceptors (Lipinski definition) is 3. The number of thioether (sulfide) groups is 1. The van der Waals surface area contributed by atoms with Crippen molar-refractivity contribution >= 4 is 11.8 Å². The molecule has 102 valence electrons. The predicted octanol–water partition coefficient (Wildman–Crippen LogP) is 3.59. The van der Waals surface area contributed by atoms with E-state index in [1.165, 1.54) is 23.3 Å². The number of benzene rings is 1. The van der Waals surface area contributed by atoms with Crippen LogP contribution in [0.3, 0.4) is 0 Å². The number of rotatable bonds is 2. The van der Waals surface area contributed by atoms with Gasteiger partial charge in [-0.1, -0.05) is 12.1 Å². The van der Waals surface area contributed by atoms with Gasteiger partial charge >= 0.3 is 0 Å². The van der Waals surface area contributed by atoms with Gasteiger partial charge in [-0.3, -0.25) is 0 Å². The van der Waals surface area contributed by atoms with Crippen molar-refractivity contribution in [3.63, 3.8) is 0 Å². The molecule has 0 N–H and O–H groups in total. The fourth-order valence-corrected chi connectivity index (χ4v) is 4.49. The summed E-state index contributed by atoms with van der Waals surface area (Å²) in [4.78, 5) is 1.38. The summed E-state index contributed by atoms with van der Waals surface area (Å²) >= 11 is 1.83. The van der Waals surface area contributed by atoms with Crippen LogP contribution in [0.4, 0.5) is 0 Å². The van der Waals surface area contributed by atoms with E-state index in [9.17, 15) is 0 Å². The molecule has 19 heavy (non-hydrogen) atoms. The second-order valence-electron chi connectivity index (χ2n) is 6.10. The maximum atomic E-state index is 5.88. The summed E-state index contributed by atoms with van der Waals surface area (Å²) in [7, 11) is 0. The zero-order valence-corrected chi connectivity index (χ0v) is 12.2. The number of hydrogen-bond donors (Lipinski definition) is 0. The van der Waals surface area contributed by atoms with E-state index in [2.05, 4.69) is 30.5 Å². The highest BCUT2D eigenvalue weighted by atomic mass is 32.2. The molecular formula is C16H20O2S. The third-order valence-electron chi connectivity index (χ3n) is 5.20. The smallest absolute Gasteiger partial charge is 0.168 e. The molecule has 1 saturated heterocycles. The van der Waals surface area contributed by atoms with Crippen molar-refractivity contribution in [2.75, 3.05) is 19.5 Å². The Bertz CT molecular complexity index is 495. The minimum absolute atomic E-state index is 0.220. The van der Waals surface area contributed by atoms with Gasteiger partial charge in [-0.25, -0.2) is 0 Å². The summed E-state index contributed by atoms with van der Waals surface area (Å²) in [5.74, 6) is 0.540. The van der Waals surface area contributed by atoms with Gasteiger partial charge in [0.05, 0.1) is 13.2 Å². The normalized spacial score (nSPS) is 35.3. The van der Waals surface area contributed by atoms with Crippen molar-refractivity contribution in [2.24, 2.45) is 5.92 Å². The highest BCUT2D eigenvalue weighted by molar-refractivity contribution is 7.98. The summed E-state index contributed by atoms with van der Waals surface area (Å²) < 4.78 is 11.8. The van der Waals surface area contributed by atoms with Gasteiger partial charge in [-0.05, 0) is 48.1 Å². The van der Waals surface area contributed by atoms with Gasteiger partial charge in [0.1, 0.15) is 0 Å². The highest BCUT2D eigenvalue weighted by Crippen LogP contribution is 2.65. The molecule has 0 amide bonds. The van der Waals surface area contributed by atoms with E-state index in [1.54, 1.807) is 0 Å². The third kappa shape index (κ3) is 1.86. The maximum Gasteiger partial charge on any atom is 0.168 e. The third-order valence-corrected chi connectivity index (χ3v) is 5.92. The highest BCUT2D eigenvalue weighted by Gasteiger charge is 2.62. The van der Waals surface area contributed by atoms with E-state index in [-0.39, 0.29) is 5.79 Å². The summed E-state index contributed by atoms with van der Waals surface area (Å²) in [6.07, 6.45) is 6.84. The first kappa shape index (κ1) is 12.2. The Morgan fingerprint density at radius 2 is 2.00 bits per heavy atom. The SMILES string of the molecule is CSc1cccc(C23CCC4(CC2C3)OCCO4)c1. The second kappa shape index (κ2) is 4.24. The van der Waals surface area contributed by atoms with Crippen molar-refractivity contribution in [1.29, 1.82) is 0 Å². The molecule has 1 aromatic carbocycles. The van der Waals surface area contributed by atoms with Crippen molar-refractivity contribution in [3.05, 3.63) is 29.8 Å². The van der Waals surface area contributed by atoms with E-state index in [1.807, 2.05) is 11.8 Å². The molecule has 2 atom stereocenters. The fourth-order valence-electron chi connectivity index (χ4n) is 4.04. The lowest BCUT2D eigenvalue weighted by atomic mass is 9.80. The molecule has 1 aromatic rings. The Labute approximate surface area is 118 Å². The van der Waals surface area contributed by atoms with E-state index >= 15 is 0 Å². The monoisotopic (exact) mass is 276 g/mol.